The van der Waals surface area contributed by atoms with E-state index in [0.29, 0.717) is 0 Å². The monoisotopic (exact) mass is 152 g/mol. The summed E-state index contributed by atoms with van der Waals surface area (Å²) in [6, 6.07) is 0. The van der Waals surface area contributed by atoms with Crippen molar-refractivity contribution in [2.45, 2.75) is 26.7 Å². The third kappa shape index (κ3) is 1.48. The predicted octanol–water partition coefficient (Wildman–Crippen LogP) is 0.895. The maximum Gasteiger partial charge on any atom is 0.267 e. The fraction of sp³-hybridized carbons (Fsp3) is 0.500. The van der Waals surface area contributed by atoms with Gasteiger partial charge in [-0.2, -0.15) is 5.10 Å². The number of aromatic nitrogens is 2. The fourth-order valence-corrected chi connectivity index (χ4v) is 1.15. The average molecular weight is 152 g/mol. The number of aromatic amines is 1. The van der Waals surface area contributed by atoms with E-state index in [9.17, 15) is 4.79 Å². The van der Waals surface area contributed by atoms with Crippen molar-refractivity contribution in [3.63, 3.8) is 0 Å². The minimum atomic E-state index is -0.0492. The van der Waals surface area contributed by atoms with Crippen LogP contribution in [-0.4, -0.2) is 10.2 Å². The van der Waals surface area contributed by atoms with Gasteiger partial charge in [0.2, 0.25) is 0 Å². The molecule has 1 heterocycles. The lowest BCUT2D eigenvalue weighted by Crippen LogP contribution is -2.15. The molecule has 0 unspecified atom stereocenters. The Bertz CT molecular complexity index is 290. The molecule has 0 bridgehead atoms. The van der Waals surface area contributed by atoms with Crippen molar-refractivity contribution in [2.24, 2.45) is 0 Å². The summed E-state index contributed by atoms with van der Waals surface area (Å²) in [5.41, 5.74) is 1.87. The van der Waals surface area contributed by atoms with Gasteiger partial charge in [-0.25, -0.2) is 5.10 Å². The van der Waals surface area contributed by atoms with Crippen molar-refractivity contribution >= 4 is 0 Å². The first kappa shape index (κ1) is 7.98. The molecule has 0 spiro atoms. The molecule has 1 aromatic rings. The van der Waals surface area contributed by atoms with E-state index in [1.807, 2.05) is 13.8 Å². The highest BCUT2D eigenvalue weighted by Crippen LogP contribution is 2.01. The van der Waals surface area contributed by atoms with Crippen LogP contribution in [-0.2, 0) is 12.8 Å². The van der Waals surface area contributed by atoms with Crippen molar-refractivity contribution in [1.29, 1.82) is 0 Å². The Hall–Kier alpha value is -1.12. The van der Waals surface area contributed by atoms with Crippen LogP contribution >= 0.6 is 0 Å². The molecule has 0 saturated carbocycles. The Kier molecular flexibility index (Phi) is 2.41. The molecule has 0 amide bonds. The summed E-state index contributed by atoms with van der Waals surface area (Å²) in [5.74, 6) is 0. The van der Waals surface area contributed by atoms with Crippen LogP contribution in [0.4, 0.5) is 0 Å². The number of hydrogen-bond acceptors (Lipinski definition) is 2. The normalized spacial score (nSPS) is 10.0. The Morgan fingerprint density at radius 1 is 1.45 bits per heavy atom. The third-order valence-corrected chi connectivity index (χ3v) is 1.78. The SMILES string of the molecule is CCc1cn[nH]c(=O)c1CC. The van der Waals surface area contributed by atoms with E-state index in [4.69, 9.17) is 0 Å². The first-order valence-corrected chi connectivity index (χ1v) is 3.85. The van der Waals surface area contributed by atoms with Crippen molar-refractivity contribution in [2.75, 3.05) is 0 Å². The molecule has 1 N–H and O–H groups in total. The molecule has 0 saturated heterocycles. The molecule has 3 nitrogen and oxygen atoms in total. The van der Waals surface area contributed by atoms with E-state index in [-0.39, 0.29) is 5.56 Å². The van der Waals surface area contributed by atoms with Gasteiger partial charge in [0.1, 0.15) is 0 Å². The third-order valence-electron chi connectivity index (χ3n) is 1.78. The molecule has 0 aliphatic rings. The van der Waals surface area contributed by atoms with Gasteiger partial charge >= 0.3 is 0 Å². The van der Waals surface area contributed by atoms with E-state index in [1.54, 1.807) is 6.20 Å². The van der Waals surface area contributed by atoms with Gasteiger partial charge in [0.25, 0.3) is 5.56 Å². The van der Waals surface area contributed by atoms with Gasteiger partial charge in [0, 0.05) is 5.56 Å². The number of rotatable bonds is 2. The molecule has 60 valence electrons. The quantitative estimate of drug-likeness (QED) is 0.684. The Morgan fingerprint density at radius 3 is 2.64 bits per heavy atom. The molecule has 0 radical (unpaired) electrons. The first-order valence-electron chi connectivity index (χ1n) is 3.85. The molecule has 0 atom stereocenters. The highest BCUT2D eigenvalue weighted by molar-refractivity contribution is 5.20. The Morgan fingerprint density at radius 2 is 2.18 bits per heavy atom. The summed E-state index contributed by atoms with van der Waals surface area (Å²) in [4.78, 5) is 11.1. The average Bonchev–Trinajstić information content (AvgIpc) is 2.04. The summed E-state index contributed by atoms with van der Waals surface area (Å²) in [7, 11) is 0. The van der Waals surface area contributed by atoms with Crippen LogP contribution in [0.5, 0.6) is 0 Å². The van der Waals surface area contributed by atoms with Crippen LogP contribution in [0.2, 0.25) is 0 Å². The van der Waals surface area contributed by atoms with Gasteiger partial charge in [0.15, 0.2) is 0 Å². The maximum absolute atomic E-state index is 11.1. The van der Waals surface area contributed by atoms with E-state index in [1.165, 1.54) is 0 Å². The molecule has 0 aliphatic heterocycles. The zero-order chi connectivity index (χ0) is 8.27. The highest BCUT2D eigenvalue weighted by Gasteiger charge is 2.01. The maximum atomic E-state index is 11.1. The van der Waals surface area contributed by atoms with E-state index in [0.717, 1.165) is 24.0 Å². The summed E-state index contributed by atoms with van der Waals surface area (Å²) < 4.78 is 0. The largest absolute Gasteiger partial charge is 0.268 e. The number of hydrogen-bond donors (Lipinski definition) is 1. The first-order chi connectivity index (χ1) is 5.29. The van der Waals surface area contributed by atoms with Crippen LogP contribution in [0.3, 0.4) is 0 Å². The van der Waals surface area contributed by atoms with Gasteiger partial charge in [-0.1, -0.05) is 13.8 Å². The molecule has 0 fully saturated rings. The minimum Gasteiger partial charge on any atom is -0.268 e. The lowest BCUT2D eigenvalue weighted by Gasteiger charge is -2.00. The van der Waals surface area contributed by atoms with Crippen LogP contribution in [0, 0.1) is 0 Å². The second-order valence-corrected chi connectivity index (χ2v) is 2.41. The van der Waals surface area contributed by atoms with E-state index < -0.39 is 0 Å². The standard InChI is InChI=1S/C8H12N2O/c1-3-6-5-9-10-8(11)7(6)4-2/h5H,3-4H2,1-2H3,(H,10,11). The number of H-pyrrole nitrogens is 1. The molecule has 0 aromatic carbocycles. The van der Waals surface area contributed by atoms with Crippen LogP contribution in [0.1, 0.15) is 25.0 Å². The highest BCUT2D eigenvalue weighted by atomic mass is 16.1. The Balaban J connectivity index is 3.24. The number of nitrogens with zero attached hydrogens (tertiary/aromatic N) is 1. The van der Waals surface area contributed by atoms with Gasteiger partial charge in [-0.05, 0) is 18.4 Å². The summed E-state index contributed by atoms with van der Waals surface area (Å²) in [5, 5.41) is 6.15. The topological polar surface area (TPSA) is 45.8 Å². The molecule has 1 aromatic heterocycles. The van der Waals surface area contributed by atoms with Crippen LogP contribution in [0.25, 0.3) is 0 Å². The van der Waals surface area contributed by atoms with Crippen LogP contribution in [0.15, 0.2) is 11.0 Å². The molecular weight excluding hydrogens is 140 g/mol. The Labute approximate surface area is 65.5 Å². The number of nitrogens with one attached hydrogen (secondary N) is 1. The molecular formula is C8H12N2O. The van der Waals surface area contributed by atoms with E-state index in [2.05, 4.69) is 10.2 Å². The summed E-state index contributed by atoms with van der Waals surface area (Å²) in [6.07, 6.45) is 3.38. The van der Waals surface area contributed by atoms with E-state index >= 15 is 0 Å². The lowest BCUT2D eigenvalue weighted by molar-refractivity contribution is 0.893. The van der Waals surface area contributed by atoms with Gasteiger partial charge < -0.3 is 0 Å². The second kappa shape index (κ2) is 3.32. The molecule has 3 heteroatoms. The van der Waals surface area contributed by atoms with Gasteiger partial charge in [-0.3, -0.25) is 4.79 Å². The van der Waals surface area contributed by atoms with Crippen molar-refractivity contribution < 1.29 is 0 Å². The molecule has 1 rings (SSSR count). The predicted molar refractivity (Wildman–Crippen MR) is 43.6 cm³/mol. The van der Waals surface area contributed by atoms with Gasteiger partial charge in [0.05, 0.1) is 6.20 Å². The smallest absolute Gasteiger partial charge is 0.267 e. The van der Waals surface area contributed by atoms with Crippen molar-refractivity contribution in [3.05, 3.63) is 27.7 Å². The fourth-order valence-electron chi connectivity index (χ4n) is 1.15. The lowest BCUT2D eigenvalue weighted by atomic mass is 10.1. The van der Waals surface area contributed by atoms with Crippen molar-refractivity contribution in [1.82, 2.24) is 10.2 Å². The molecule has 11 heavy (non-hydrogen) atoms. The molecule has 0 aliphatic carbocycles. The summed E-state index contributed by atoms with van der Waals surface area (Å²) >= 11 is 0. The van der Waals surface area contributed by atoms with Gasteiger partial charge in [-0.15, -0.1) is 0 Å². The zero-order valence-corrected chi connectivity index (χ0v) is 6.85. The minimum absolute atomic E-state index is 0.0492. The number of aryl methyl sites for hydroxylation is 1. The summed E-state index contributed by atoms with van der Waals surface area (Å²) in [6.45, 7) is 4.00. The zero-order valence-electron chi connectivity index (χ0n) is 6.85. The second-order valence-electron chi connectivity index (χ2n) is 2.41. The van der Waals surface area contributed by atoms with Crippen LogP contribution < -0.4 is 5.56 Å². The van der Waals surface area contributed by atoms with Crippen molar-refractivity contribution in [3.8, 4) is 0 Å².